The Morgan fingerprint density at radius 1 is 1.15 bits per heavy atom. The van der Waals surface area contributed by atoms with Crippen LogP contribution in [-0.4, -0.2) is 10.5 Å². The third-order valence-corrected chi connectivity index (χ3v) is 3.44. The number of nitrogens with zero attached hydrogens (tertiary/aromatic N) is 1. The third-order valence-electron chi connectivity index (χ3n) is 3.44. The van der Waals surface area contributed by atoms with Crippen LogP contribution in [0, 0.1) is 0 Å². The molecule has 0 radical (unpaired) electrons. The number of benzene rings is 2. The van der Waals surface area contributed by atoms with Crippen molar-refractivity contribution in [1.29, 1.82) is 0 Å². The molecule has 20 heavy (non-hydrogen) atoms. The van der Waals surface area contributed by atoms with Gasteiger partial charge >= 0.3 is 0 Å². The molecule has 2 aromatic carbocycles. The molecule has 0 saturated heterocycles. The Kier molecular flexibility index (Phi) is 2.76. The monoisotopic (exact) mass is 267 g/mol. The van der Waals surface area contributed by atoms with Gasteiger partial charge in [-0.15, -0.1) is 0 Å². The molecule has 3 aromatic rings. The molecule has 0 aliphatic rings. The molecule has 1 aromatic heterocycles. The fourth-order valence-corrected chi connectivity index (χ4v) is 2.52. The van der Waals surface area contributed by atoms with Gasteiger partial charge in [0.05, 0.1) is 5.52 Å². The standard InChI is InChI=1S/C15H13N3O2/c1-18-8-12(15(20)17-16)14(19)11-7-6-9-4-2-3-5-10(9)13(11)18/h2-8H,16H2,1H3,(H,17,20). The lowest BCUT2D eigenvalue weighted by molar-refractivity contribution is 0.0952. The van der Waals surface area contributed by atoms with Crippen LogP contribution in [0.15, 0.2) is 47.4 Å². The van der Waals surface area contributed by atoms with Crippen LogP contribution in [0.3, 0.4) is 0 Å². The SMILES string of the molecule is Cn1cc(C(=O)NN)c(=O)c2ccc3ccccc3c21. The van der Waals surface area contributed by atoms with Gasteiger partial charge in [-0.1, -0.05) is 30.3 Å². The molecule has 0 atom stereocenters. The summed E-state index contributed by atoms with van der Waals surface area (Å²) >= 11 is 0. The highest BCUT2D eigenvalue weighted by atomic mass is 16.2. The second-order valence-corrected chi connectivity index (χ2v) is 4.64. The first-order valence-corrected chi connectivity index (χ1v) is 6.15. The minimum Gasteiger partial charge on any atom is -0.349 e. The molecule has 1 heterocycles. The number of rotatable bonds is 1. The predicted octanol–water partition coefficient (Wildman–Crippen LogP) is 1.30. The molecule has 0 fully saturated rings. The maximum absolute atomic E-state index is 12.4. The highest BCUT2D eigenvalue weighted by molar-refractivity contribution is 6.07. The molecule has 1 amide bonds. The van der Waals surface area contributed by atoms with Crippen molar-refractivity contribution < 1.29 is 4.79 Å². The average molecular weight is 267 g/mol. The van der Waals surface area contributed by atoms with E-state index in [1.807, 2.05) is 42.8 Å². The van der Waals surface area contributed by atoms with Crippen LogP contribution >= 0.6 is 0 Å². The molecular formula is C15H13N3O2. The number of fused-ring (bicyclic) bond motifs is 3. The van der Waals surface area contributed by atoms with Crippen molar-refractivity contribution in [2.45, 2.75) is 0 Å². The number of hydrazine groups is 1. The highest BCUT2D eigenvalue weighted by Crippen LogP contribution is 2.23. The number of nitrogen functional groups attached to an aromatic ring is 1. The van der Waals surface area contributed by atoms with Crippen LogP contribution in [0.25, 0.3) is 21.7 Å². The van der Waals surface area contributed by atoms with Gasteiger partial charge in [0, 0.05) is 24.0 Å². The van der Waals surface area contributed by atoms with E-state index in [9.17, 15) is 9.59 Å². The molecule has 5 nitrogen and oxygen atoms in total. The Hall–Kier alpha value is -2.66. The topological polar surface area (TPSA) is 77.1 Å². The van der Waals surface area contributed by atoms with Crippen molar-refractivity contribution in [3.8, 4) is 0 Å². The molecule has 0 aliphatic heterocycles. The summed E-state index contributed by atoms with van der Waals surface area (Å²) in [4.78, 5) is 24.0. The first kappa shape index (κ1) is 12.4. The van der Waals surface area contributed by atoms with Gasteiger partial charge in [0.2, 0.25) is 5.43 Å². The van der Waals surface area contributed by atoms with Gasteiger partial charge in [-0.2, -0.15) is 0 Å². The minimum atomic E-state index is -0.583. The maximum Gasteiger partial charge on any atom is 0.270 e. The normalized spacial score (nSPS) is 10.9. The van der Waals surface area contributed by atoms with Crippen molar-refractivity contribution in [1.82, 2.24) is 9.99 Å². The number of hydrogen-bond acceptors (Lipinski definition) is 3. The minimum absolute atomic E-state index is 0.0396. The Labute approximate surface area is 114 Å². The number of hydrogen-bond donors (Lipinski definition) is 2. The first-order valence-electron chi connectivity index (χ1n) is 6.15. The Morgan fingerprint density at radius 2 is 1.90 bits per heavy atom. The summed E-state index contributed by atoms with van der Waals surface area (Å²) in [5.41, 5.74) is 2.53. The number of aromatic nitrogens is 1. The lowest BCUT2D eigenvalue weighted by Gasteiger charge is -2.11. The van der Waals surface area contributed by atoms with E-state index in [0.717, 1.165) is 16.3 Å². The van der Waals surface area contributed by atoms with Crippen molar-refractivity contribution in [2.24, 2.45) is 12.9 Å². The van der Waals surface area contributed by atoms with Crippen LogP contribution < -0.4 is 16.7 Å². The van der Waals surface area contributed by atoms with Gasteiger partial charge < -0.3 is 4.57 Å². The quantitative estimate of drug-likeness (QED) is 0.302. The van der Waals surface area contributed by atoms with E-state index >= 15 is 0 Å². The molecule has 0 bridgehead atoms. The zero-order chi connectivity index (χ0) is 14.3. The van der Waals surface area contributed by atoms with E-state index in [1.54, 1.807) is 10.6 Å². The van der Waals surface area contributed by atoms with Crippen LogP contribution in [0.2, 0.25) is 0 Å². The number of nitrogens with one attached hydrogen (secondary N) is 1. The highest BCUT2D eigenvalue weighted by Gasteiger charge is 2.14. The molecule has 0 saturated carbocycles. The second kappa shape index (κ2) is 4.47. The lowest BCUT2D eigenvalue weighted by Crippen LogP contribution is -2.34. The summed E-state index contributed by atoms with van der Waals surface area (Å²) < 4.78 is 1.78. The lowest BCUT2D eigenvalue weighted by atomic mass is 10.0. The van der Waals surface area contributed by atoms with Gasteiger partial charge in [0.15, 0.2) is 0 Å². The molecule has 3 N–H and O–H groups in total. The largest absolute Gasteiger partial charge is 0.349 e. The van der Waals surface area contributed by atoms with Crippen LogP contribution in [-0.2, 0) is 7.05 Å². The summed E-state index contributed by atoms with van der Waals surface area (Å²) in [7, 11) is 1.81. The van der Waals surface area contributed by atoms with E-state index in [0.29, 0.717) is 5.39 Å². The van der Waals surface area contributed by atoms with Crippen LogP contribution in [0.5, 0.6) is 0 Å². The van der Waals surface area contributed by atoms with Gasteiger partial charge in [0.25, 0.3) is 5.91 Å². The van der Waals surface area contributed by atoms with E-state index in [-0.39, 0.29) is 11.0 Å². The Bertz CT molecular complexity index is 897. The Morgan fingerprint density at radius 3 is 2.65 bits per heavy atom. The van der Waals surface area contributed by atoms with E-state index in [4.69, 9.17) is 5.84 Å². The average Bonchev–Trinajstić information content (AvgIpc) is 2.49. The zero-order valence-electron chi connectivity index (χ0n) is 10.9. The smallest absolute Gasteiger partial charge is 0.270 e. The number of carbonyl (C=O) groups is 1. The second-order valence-electron chi connectivity index (χ2n) is 4.64. The summed E-state index contributed by atoms with van der Waals surface area (Å²) in [6.45, 7) is 0. The Balaban J connectivity index is 2.51. The van der Waals surface area contributed by atoms with Crippen LogP contribution in [0.1, 0.15) is 10.4 Å². The van der Waals surface area contributed by atoms with Crippen molar-refractivity contribution >= 4 is 27.6 Å². The number of carbonyl (C=O) groups excluding carboxylic acids is 1. The predicted molar refractivity (Wildman–Crippen MR) is 78.3 cm³/mol. The molecule has 0 unspecified atom stereocenters. The first-order chi connectivity index (χ1) is 9.63. The summed E-state index contributed by atoms with van der Waals surface area (Å²) in [5, 5.41) is 2.53. The molecule has 100 valence electrons. The molecular weight excluding hydrogens is 254 g/mol. The van der Waals surface area contributed by atoms with E-state index in [1.165, 1.54) is 6.20 Å². The molecule has 5 heteroatoms. The van der Waals surface area contributed by atoms with Crippen molar-refractivity contribution in [3.05, 3.63) is 58.4 Å². The zero-order valence-corrected chi connectivity index (χ0v) is 10.9. The molecule has 3 rings (SSSR count). The van der Waals surface area contributed by atoms with Crippen molar-refractivity contribution in [3.63, 3.8) is 0 Å². The fourth-order valence-electron chi connectivity index (χ4n) is 2.52. The maximum atomic E-state index is 12.4. The number of nitrogens with two attached hydrogens (primary N) is 1. The van der Waals surface area contributed by atoms with Gasteiger partial charge in [0.1, 0.15) is 5.56 Å². The molecule has 0 spiro atoms. The third kappa shape index (κ3) is 1.68. The van der Waals surface area contributed by atoms with E-state index in [2.05, 4.69) is 0 Å². The fraction of sp³-hybridized carbons (Fsp3) is 0.0667. The van der Waals surface area contributed by atoms with Crippen LogP contribution in [0.4, 0.5) is 0 Å². The summed E-state index contributed by atoms with van der Waals surface area (Å²) in [6.07, 6.45) is 1.51. The number of aryl methyl sites for hydroxylation is 1. The van der Waals surface area contributed by atoms with Crippen molar-refractivity contribution in [2.75, 3.05) is 0 Å². The van der Waals surface area contributed by atoms with E-state index < -0.39 is 5.91 Å². The summed E-state index contributed by atoms with van der Waals surface area (Å²) in [5.74, 6) is 4.53. The number of pyridine rings is 1. The molecule has 0 aliphatic carbocycles. The van der Waals surface area contributed by atoms with Gasteiger partial charge in [-0.05, 0) is 11.5 Å². The van der Waals surface area contributed by atoms with Gasteiger partial charge in [-0.3, -0.25) is 15.0 Å². The van der Waals surface area contributed by atoms with Gasteiger partial charge in [-0.25, -0.2) is 5.84 Å². The summed E-state index contributed by atoms with van der Waals surface area (Å²) in [6, 6.07) is 11.4. The number of amides is 1.